The molecule has 3 nitrogen and oxygen atoms in total. The number of rotatable bonds is 3. The topological polar surface area (TPSA) is 40.2 Å². The lowest BCUT2D eigenvalue weighted by Gasteiger charge is -2.00. The van der Waals surface area contributed by atoms with Crippen LogP contribution >= 0.6 is 0 Å². The molecular weight excluding hydrogens is 234 g/mol. The number of aryl methyl sites for hydroxylation is 1. The largest absolute Gasteiger partial charge is 0.361 e. The molecule has 0 spiro atoms. The molecule has 94 valence electrons. The Bertz CT molecular complexity index is 725. The summed E-state index contributed by atoms with van der Waals surface area (Å²) >= 11 is 0. The van der Waals surface area contributed by atoms with Gasteiger partial charge in [-0.2, -0.15) is 5.10 Å². The number of hydrogen-bond donors (Lipinski definition) is 2. The van der Waals surface area contributed by atoms with Crippen LogP contribution in [-0.4, -0.2) is 11.2 Å². The third kappa shape index (κ3) is 2.50. The molecule has 3 rings (SSSR count). The first kappa shape index (κ1) is 11.5. The minimum absolute atomic E-state index is 0.996. The molecule has 0 aliphatic heterocycles. The number of aromatic amines is 1. The van der Waals surface area contributed by atoms with Crippen molar-refractivity contribution in [3.63, 3.8) is 0 Å². The van der Waals surface area contributed by atoms with Crippen LogP contribution in [0.25, 0.3) is 10.9 Å². The summed E-state index contributed by atoms with van der Waals surface area (Å²) in [5, 5.41) is 5.46. The average Bonchev–Trinajstić information content (AvgIpc) is 2.83. The molecule has 0 unspecified atom stereocenters. The van der Waals surface area contributed by atoms with E-state index in [0.717, 1.165) is 16.8 Å². The minimum atomic E-state index is 0.996. The van der Waals surface area contributed by atoms with Crippen LogP contribution in [0.4, 0.5) is 5.69 Å². The van der Waals surface area contributed by atoms with Gasteiger partial charge in [0, 0.05) is 22.7 Å². The van der Waals surface area contributed by atoms with Gasteiger partial charge in [0.2, 0.25) is 0 Å². The molecule has 0 fully saturated rings. The fourth-order valence-electron chi connectivity index (χ4n) is 2.09. The lowest BCUT2D eigenvalue weighted by atomic mass is 10.2. The van der Waals surface area contributed by atoms with Gasteiger partial charge in [-0.25, -0.2) is 0 Å². The molecule has 0 saturated carbocycles. The summed E-state index contributed by atoms with van der Waals surface area (Å²) in [6, 6.07) is 16.3. The number of para-hydroxylation sites is 1. The van der Waals surface area contributed by atoms with E-state index in [4.69, 9.17) is 0 Å². The highest BCUT2D eigenvalue weighted by Crippen LogP contribution is 2.16. The smallest absolute Gasteiger partial charge is 0.0566 e. The Morgan fingerprint density at radius 2 is 2.00 bits per heavy atom. The maximum Gasteiger partial charge on any atom is 0.0566 e. The van der Waals surface area contributed by atoms with Gasteiger partial charge in [0.15, 0.2) is 0 Å². The van der Waals surface area contributed by atoms with E-state index in [1.165, 1.54) is 10.9 Å². The van der Waals surface area contributed by atoms with Gasteiger partial charge in [-0.15, -0.1) is 0 Å². The maximum absolute atomic E-state index is 4.28. The van der Waals surface area contributed by atoms with E-state index in [0.29, 0.717) is 0 Å². The maximum atomic E-state index is 4.28. The molecule has 3 aromatic rings. The predicted octanol–water partition coefficient (Wildman–Crippen LogP) is 3.92. The zero-order chi connectivity index (χ0) is 13.1. The zero-order valence-corrected chi connectivity index (χ0v) is 10.7. The summed E-state index contributed by atoms with van der Waals surface area (Å²) in [5.41, 5.74) is 7.46. The van der Waals surface area contributed by atoms with Gasteiger partial charge in [-0.1, -0.05) is 30.3 Å². The number of H-pyrrole nitrogens is 1. The lowest BCUT2D eigenvalue weighted by Crippen LogP contribution is -1.90. The van der Waals surface area contributed by atoms with Crippen molar-refractivity contribution in [2.45, 2.75) is 6.92 Å². The fraction of sp³-hybridized carbons (Fsp3) is 0.0625. The van der Waals surface area contributed by atoms with Gasteiger partial charge in [-0.05, 0) is 30.7 Å². The Morgan fingerprint density at radius 1 is 1.11 bits per heavy atom. The molecule has 0 atom stereocenters. The number of hydrogen-bond acceptors (Lipinski definition) is 2. The van der Waals surface area contributed by atoms with E-state index in [-0.39, 0.29) is 0 Å². The highest BCUT2D eigenvalue weighted by molar-refractivity contribution is 5.99. The molecule has 19 heavy (non-hydrogen) atoms. The molecule has 3 heteroatoms. The Hall–Kier alpha value is -2.55. The molecule has 2 aromatic carbocycles. The second-order valence-electron chi connectivity index (χ2n) is 4.53. The fourth-order valence-corrected chi connectivity index (χ4v) is 2.09. The average molecular weight is 249 g/mol. The van der Waals surface area contributed by atoms with E-state index in [2.05, 4.69) is 46.7 Å². The van der Waals surface area contributed by atoms with Crippen LogP contribution in [0.1, 0.15) is 11.1 Å². The van der Waals surface area contributed by atoms with Crippen molar-refractivity contribution < 1.29 is 0 Å². The Morgan fingerprint density at radius 3 is 2.89 bits per heavy atom. The molecule has 0 amide bonds. The molecule has 0 bridgehead atoms. The number of anilines is 1. The molecule has 0 aliphatic carbocycles. The Balaban J connectivity index is 1.79. The first-order chi connectivity index (χ1) is 9.33. The first-order valence-corrected chi connectivity index (χ1v) is 6.25. The number of aromatic nitrogens is 1. The highest BCUT2D eigenvalue weighted by Gasteiger charge is 1.99. The summed E-state index contributed by atoms with van der Waals surface area (Å²) < 4.78 is 0. The van der Waals surface area contributed by atoms with Crippen LogP contribution in [0.15, 0.2) is 59.8 Å². The second kappa shape index (κ2) is 4.98. The number of benzene rings is 2. The van der Waals surface area contributed by atoms with Crippen LogP contribution in [0.2, 0.25) is 0 Å². The van der Waals surface area contributed by atoms with E-state index in [1.54, 1.807) is 0 Å². The van der Waals surface area contributed by atoms with Crippen LogP contribution < -0.4 is 5.43 Å². The number of hydrazone groups is 1. The van der Waals surface area contributed by atoms with Crippen LogP contribution in [0, 0.1) is 6.92 Å². The standard InChI is InChI=1S/C16H15N3/c1-12-5-4-6-14(9-12)19-18-11-13-10-17-16-8-3-2-7-15(13)16/h2-11,17,19H,1H3/b18-11+. The Labute approximate surface area is 112 Å². The summed E-state index contributed by atoms with van der Waals surface area (Å²) in [6.45, 7) is 2.06. The normalized spacial score (nSPS) is 11.2. The second-order valence-corrected chi connectivity index (χ2v) is 4.53. The molecule has 1 heterocycles. The van der Waals surface area contributed by atoms with Crippen molar-refractivity contribution in [3.05, 3.63) is 65.9 Å². The summed E-state index contributed by atoms with van der Waals surface area (Å²) in [6.07, 6.45) is 3.80. The van der Waals surface area contributed by atoms with E-state index < -0.39 is 0 Å². The molecule has 0 aliphatic rings. The van der Waals surface area contributed by atoms with Crippen molar-refractivity contribution in [2.75, 3.05) is 5.43 Å². The first-order valence-electron chi connectivity index (χ1n) is 6.25. The molecule has 2 N–H and O–H groups in total. The quantitative estimate of drug-likeness (QED) is 0.536. The van der Waals surface area contributed by atoms with Gasteiger partial charge in [0.05, 0.1) is 11.9 Å². The van der Waals surface area contributed by atoms with Crippen LogP contribution in [0.3, 0.4) is 0 Å². The van der Waals surface area contributed by atoms with Gasteiger partial charge >= 0.3 is 0 Å². The molecule has 0 saturated heterocycles. The van der Waals surface area contributed by atoms with E-state index in [9.17, 15) is 0 Å². The molecule has 0 radical (unpaired) electrons. The number of nitrogens with one attached hydrogen (secondary N) is 2. The van der Waals surface area contributed by atoms with E-state index >= 15 is 0 Å². The third-order valence-corrected chi connectivity index (χ3v) is 3.04. The van der Waals surface area contributed by atoms with Crippen molar-refractivity contribution in [1.82, 2.24) is 4.98 Å². The minimum Gasteiger partial charge on any atom is -0.361 e. The summed E-state index contributed by atoms with van der Waals surface area (Å²) in [4.78, 5) is 3.23. The van der Waals surface area contributed by atoms with Crippen molar-refractivity contribution in [3.8, 4) is 0 Å². The molecular formula is C16H15N3. The van der Waals surface area contributed by atoms with Crippen molar-refractivity contribution >= 4 is 22.8 Å². The van der Waals surface area contributed by atoms with Gasteiger partial charge in [0.25, 0.3) is 0 Å². The van der Waals surface area contributed by atoms with E-state index in [1.807, 2.05) is 36.7 Å². The number of fused-ring (bicyclic) bond motifs is 1. The van der Waals surface area contributed by atoms with Gasteiger partial charge in [-0.3, -0.25) is 5.43 Å². The van der Waals surface area contributed by atoms with Gasteiger partial charge in [0.1, 0.15) is 0 Å². The monoisotopic (exact) mass is 249 g/mol. The lowest BCUT2D eigenvalue weighted by molar-refractivity contribution is 1.33. The Kier molecular flexibility index (Phi) is 3.02. The predicted molar refractivity (Wildman–Crippen MR) is 80.7 cm³/mol. The summed E-state index contributed by atoms with van der Waals surface area (Å²) in [5.74, 6) is 0. The van der Waals surface area contributed by atoms with Gasteiger partial charge < -0.3 is 4.98 Å². The number of nitrogens with zero attached hydrogens (tertiary/aromatic N) is 1. The van der Waals surface area contributed by atoms with Crippen LogP contribution in [0.5, 0.6) is 0 Å². The van der Waals surface area contributed by atoms with Crippen molar-refractivity contribution in [2.24, 2.45) is 5.10 Å². The third-order valence-electron chi connectivity index (χ3n) is 3.04. The molecule has 1 aromatic heterocycles. The highest BCUT2D eigenvalue weighted by atomic mass is 15.3. The van der Waals surface area contributed by atoms with Crippen molar-refractivity contribution in [1.29, 1.82) is 0 Å². The summed E-state index contributed by atoms with van der Waals surface area (Å²) in [7, 11) is 0. The van der Waals surface area contributed by atoms with Crippen LogP contribution in [-0.2, 0) is 0 Å². The SMILES string of the molecule is Cc1cccc(N/N=C/c2c[nH]c3ccccc23)c1. The zero-order valence-electron chi connectivity index (χ0n) is 10.7.